The minimum atomic E-state index is 0.156. The van der Waals surface area contributed by atoms with Gasteiger partial charge in [0.2, 0.25) is 0 Å². The average molecular weight is 280 g/mol. The first-order valence-corrected chi connectivity index (χ1v) is 7.41. The second-order valence-electron chi connectivity index (χ2n) is 5.95. The Labute approximate surface area is 125 Å². The molecule has 0 heterocycles. The number of methoxy groups -OCH3 is 1. The minimum absolute atomic E-state index is 0.156. The van der Waals surface area contributed by atoms with Crippen LogP contribution in [0.25, 0.3) is 0 Å². The van der Waals surface area contributed by atoms with Crippen LogP contribution >= 0.6 is 0 Å². The number of carbonyl (C=O) groups is 1. The van der Waals surface area contributed by atoms with Gasteiger partial charge in [-0.15, -0.1) is 0 Å². The third-order valence-corrected chi connectivity index (χ3v) is 4.33. The normalized spacial score (nSPS) is 17.1. The SMILES string of the molecule is COc1ccc2c(c1)C(c1ccc(C(C)C)cc1)CC2=O. The molecule has 0 saturated heterocycles. The van der Waals surface area contributed by atoms with E-state index >= 15 is 0 Å². The molecule has 0 spiro atoms. The second-order valence-corrected chi connectivity index (χ2v) is 5.95. The third kappa shape index (κ3) is 2.46. The van der Waals surface area contributed by atoms with E-state index in [1.165, 1.54) is 11.1 Å². The van der Waals surface area contributed by atoms with Crippen molar-refractivity contribution in [2.45, 2.75) is 32.1 Å². The fourth-order valence-electron chi connectivity index (χ4n) is 3.03. The molecule has 1 atom stereocenters. The number of ether oxygens (including phenoxy) is 1. The Balaban J connectivity index is 2.00. The number of carbonyl (C=O) groups excluding carboxylic acids is 1. The number of benzene rings is 2. The summed E-state index contributed by atoms with van der Waals surface area (Å²) in [5.41, 5.74) is 4.47. The number of hydrogen-bond acceptors (Lipinski definition) is 2. The fraction of sp³-hybridized carbons (Fsp3) is 0.316. The van der Waals surface area contributed by atoms with Crippen LogP contribution in [-0.4, -0.2) is 12.9 Å². The number of ketones is 1. The van der Waals surface area contributed by atoms with Gasteiger partial charge in [0.05, 0.1) is 7.11 Å². The van der Waals surface area contributed by atoms with E-state index in [9.17, 15) is 4.79 Å². The molecule has 108 valence electrons. The summed E-state index contributed by atoms with van der Waals surface area (Å²) in [5, 5.41) is 0. The molecule has 2 aromatic rings. The zero-order valence-electron chi connectivity index (χ0n) is 12.7. The molecule has 0 radical (unpaired) electrons. The summed E-state index contributed by atoms with van der Waals surface area (Å²) in [6.07, 6.45) is 0.559. The molecule has 0 aliphatic heterocycles. The van der Waals surface area contributed by atoms with Gasteiger partial charge in [-0.3, -0.25) is 4.79 Å². The van der Waals surface area contributed by atoms with E-state index in [2.05, 4.69) is 38.1 Å². The van der Waals surface area contributed by atoms with Gasteiger partial charge >= 0.3 is 0 Å². The molecule has 1 aliphatic rings. The Morgan fingerprint density at radius 1 is 1.10 bits per heavy atom. The molecule has 1 unspecified atom stereocenters. The Kier molecular flexibility index (Phi) is 3.54. The van der Waals surface area contributed by atoms with Gasteiger partial charge in [-0.2, -0.15) is 0 Å². The van der Waals surface area contributed by atoms with Crippen molar-refractivity contribution in [3.05, 3.63) is 64.7 Å². The van der Waals surface area contributed by atoms with Gasteiger partial charge in [-0.25, -0.2) is 0 Å². The maximum absolute atomic E-state index is 12.2. The number of fused-ring (bicyclic) bond motifs is 1. The highest BCUT2D eigenvalue weighted by molar-refractivity contribution is 6.02. The maximum atomic E-state index is 12.2. The van der Waals surface area contributed by atoms with Crippen LogP contribution in [0.4, 0.5) is 0 Å². The predicted octanol–water partition coefficient (Wildman–Crippen LogP) is 4.54. The van der Waals surface area contributed by atoms with E-state index in [1.54, 1.807) is 7.11 Å². The van der Waals surface area contributed by atoms with Crippen LogP contribution in [-0.2, 0) is 0 Å². The van der Waals surface area contributed by atoms with Gasteiger partial charge in [0.25, 0.3) is 0 Å². The first kappa shape index (κ1) is 13.9. The molecule has 2 nitrogen and oxygen atoms in total. The van der Waals surface area contributed by atoms with E-state index in [1.807, 2.05) is 18.2 Å². The van der Waals surface area contributed by atoms with Crippen LogP contribution in [0.1, 0.15) is 59.2 Å². The molecule has 0 bridgehead atoms. The van der Waals surface area contributed by atoms with Crippen molar-refractivity contribution in [1.29, 1.82) is 0 Å². The lowest BCUT2D eigenvalue weighted by Crippen LogP contribution is -1.98. The Bertz CT molecular complexity index is 668. The van der Waals surface area contributed by atoms with E-state index in [4.69, 9.17) is 4.74 Å². The number of rotatable bonds is 3. The first-order chi connectivity index (χ1) is 10.1. The molecule has 0 saturated carbocycles. The van der Waals surface area contributed by atoms with Gasteiger partial charge < -0.3 is 4.74 Å². The molecule has 1 aliphatic carbocycles. The van der Waals surface area contributed by atoms with E-state index in [0.717, 1.165) is 16.9 Å². The Morgan fingerprint density at radius 3 is 2.43 bits per heavy atom. The molecular weight excluding hydrogens is 260 g/mol. The Morgan fingerprint density at radius 2 is 1.81 bits per heavy atom. The monoisotopic (exact) mass is 280 g/mol. The van der Waals surface area contributed by atoms with E-state index < -0.39 is 0 Å². The van der Waals surface area contributed by atoms with Gasteiger partial charge in [0, 0.05) is 17.9 Å². The van der Waals surface area contributed by atoms with Gasteiger partial charge in [-0.1, -0.05) is 38.1 Å². The van der Waals surface area contributed by atoms with Crippen molar-refractivity contribution in [1.82, 2.24) is 0 Å². The van der Waals surface area contributed by atoms with E-state index in [0.29, 0.717) is 12.3 Å². The average Bonchev–Trinajstić information content (AvgIpc) is 2.84. The maximum Gasteiger partial charge on any atom is 0.164 e. The zero-order valence-corrected chi connectivity index (χ0v) is 12.7. The molecule has 0 fully saturated rings. The summed E-state index contributed by atoms with van der Waals surface area (Å²) >= 11 is 0. The van der Waals surface area contributed by atoms with Crippen LogP contribution in [0.2, 0.25) is 0 Å². The first-order valence-electron chi connectivity index (χ1n) is 7.41. The lowest BCUT2D eigenvalue weighted by atomic mass is 9.91. The van der Waals surface area contributed by atoms with Gasteiger partial charge in [0.1, 0.15) is 5.75 Å². The standard InChI is InChI=1S/C19H20O2/c1-12(2)13-4-6-14(7-5-13)17-11-19(20)16-9-8-15(21-3)10-18(16)17/h4-10,12,17H,11H2,1-3H3. The number of Topliss-reactive ketones (excluding diaryl/α,β-unsaturated/α-hetero) is 1. The summed E-state index contributed by atoms with van der Waals surface area (Å²) in [5.74, 6) is 1.72. The molecule has 21 heavy (non-hydrogen) atoms. The minimum Gasteiger partial charge on any atom is -0.497 e. The number of hydrogen-bond donors (Lipinski definition) is 0. The van der Waals surface area contributed by atoms with Crippen LogP contribution in [0, 0.1) is 0 Å². The highest BCUT2D eigenvalue weighted by atomic mass is 16.5. The molecular formula is C19H20O2. The summed E-state index contributed by atoms with van der Waals surface area (Å²) in [4.78, 5) is 12.2. The summed E-state index contributed by atoms with van der Waals surface area (Å²) < 4.78 is 5.30. The van der Waals surface area contributed by atoms with E-state index in [-0.39, 0.29) is 11.7 Å². The molecule has 2 aromatic carbocycles. The van der Waals surface area contributed by atoms with Crippen molar-refractivity contribution in [2.24, 2.45) is 0 Å². The van der Waals surface area contributed by atoms with Crippen molar-refractivity contribution < 1.29 is 9.53 Å². The quantitative estimate of drug-likeness (QED) is 0.825. The molecule has 0 N–H and O–H groups in total. The van der Waals surface area contributed by atoms with Gasteiger partial charge in [0.15, 0.2) is 5.78 Å². The van der Waals surface area contributed by atoms with Crippen molar-refractivity contribution in [3.63, 3.8) is 0 Å². The lowest BCUT2D eigenvalue weighted by Gasteiger charge is -2.14. The highest BCUT2D eigenvalue weighted by Crippen LogP contribution is 2.40. The van der Waals surface area contributed by atoms with Crippen LogP contribution in [0.5, 0.6) is 5.75 Å². The summed E-state index contributed by atoms with van der Waals surface area (Å²) in [6, 6.07) is 14.4. The zero-order chi connectivity index (χ0) is 15.0. The Hall–Kier alpha value is -2.09. The summed E-state index contributed by atoms with van der Waals surface area (Å²) in [6.45, 7) is 4.38. The molecule has 0 aromatic heterocycles. The van der Waals surface area contributed by atoms with Crippen molar-refractivity contribution in [3.8, 4) is 5.75 Å². The smallest absolute Gasteiger partial charge is 0.164 e. The predicted molar refractivity (Wildman–Crippen MR) is 84.3 cm³/mol. The van der Waals surface area contributed by atoms with Crippen LogP contribution in [0.15, 0.2) is 42.5 Å². The van der Waals surface area contributed by atoms with Crippen LogP contribution in [0.3, 0.4) is 0 Å². The van der Waals surface area contributed by atoms with Crippen molar-refractivity contribution >= 4 is 5.78 Å². The second kappa shape index (κ2) is 5.36. The summed E-state index contributed by atoms with van der Waals surface area (Å²) in [7, 11) is 1.66. The largest absolute Gasteiger partial charge is 0.497 e. The molecule has 0 amide bonds. The third-order valence-electron chi connectivity index (χ3n) is 4.33. The molecule has 2 heteroatoms. The molecule has 3 rings (SSSR count). The highest BCUT2D eigenvalue weighted by Gasteiger charge is 2.30. The van der Waals surface area contributed by atoms with Gasteiger partial charge in [-0.05, 0) is 40.8 Å². The topological polar surface area (TPSA) is 26.3 Å². The fourth-order valence-corrected chi connectivity index (χ4v) is 3.03. The van der Waals surface area contributed by atoms with Crippen molar-refractivity contribution in [2.75, 3.05) is 7.11 Å². The lowest BCUT2D eigenvalue weighted by molar-refractivity contribution is 0.0991. The van der Waals surface area contributed by atoms with Crippen LogP contribution < -0.4 is 4.74 Å².